The summed E-state index contributed by atoms with van der Waals surface area (Å²) < 4.78 is 0. The molecule has 34 heavy (non-hydrogen) atoms. The number of para-hydroxylation sites is 1. The molecule has 0 saturated carbocycles. The largest absolute Gasteiger partial charge is 0.398 e. The number of non-ortho nitro benzene ring substituents is 1. The number of anilines is 1. The van der Waals surface area contributed by atoms with Gasteiger partial charge in [0, 0.05) is 24.4 Å². The summed E-state index contributed by atoms with van der Waals surface area (Å²) in [6.45, 7) is 2.12. The molecule has 2 atom stereocenters. The van der Waals surface area contributed by atoms with Crippen LogP contribution in [0.2, 0.25) is 0 Å². The molecule has 0 aromatic heterocycles. The van der Waals surface area contributed by atoms with E-state index >= 15 is 0 Å². The molecule has 182 valence electrons. The van der Waals surface area contributed by atoms with Crippen molar-refractivity contribution < 1.29 is 19.3 Å². The van der Waals surface area contributed by atoms with E-state index in [9.17, 15) is 24.5 Å². The topological polar surface area (TPSA) is 182 Å². The Balaban J connectivity index is 1.96. The molecule has 0 saturated heterocycles. The van der Waals surface area contributed by atoms with Gasteiger partial charge in [0.15, 0.2) is 0 Å². The van der Waals surface area contributed by atoms with Gasteiger partial charge in [-0.25, -0.2) is 0 Å². The lowest BCUT2D eigenvalue weighted by Crippen LogP contribution is -2.52. The van der Waals surface area contributed by atoms with Crippen LogP contribution in [0.4, 0.5) is 11.4 Å². The number of amides is 3. The molecule has 0 aliphatic heterocycles. The molecule has 0 aliphatic rings. The van der Waals surface area contributed by atoms with Gasteiger partial charge in [-0.1, -0.05) is 24.3 Å². The minimum absolute atomic E-state index is 0.0457. The monoisotopic (exact) mass is 470 g/mol. The fourth-order valence-electron chi connectivity index (χ4n) is 3.16. The van der Waals surface area contributed by atoms with E-state index in [0.29, 0.717) is 37.1 Å². The SMILES string of the molecule is C[C@H](NC(=O)[C@H](CCCCN)NC(=O)c1ccccc1N)C(=O)NCc1ccc([N+](=O)[O-])cc1. The molecule has 0 unspecified atom stereocenters. The van der Waals surface area contributed by atoms with Crippen molar-refractivity contribution >= 4 is 29.1 Å². The first-order chi connectivity index (χ1) is 16.2. The molecule has 2 aromatic carbocycles. The molecule has 0 fully saturated rings. The third kappa shape index (κ3) is 7.85. The highest BCUT2D eigenvalue weighted by Gasteiger charge is 2.25. The Labute approximate surface area is 197 Å². The van der Waals surface area contributed by atoms with Crippen LogP contribution in [0.3, 0.4) is 0 Å². The molecule has 7 N–H and O–H groups in total. The lowest BCUT2D eigenvalue weighted by atomic mass is 10.1. The van der Waals surface area contributed by atoms with Crippen LogP contribution in [0.25, 0.3) is 0 Å². The van der Waals surface area contributed by atoms with Crippen LogP contribution < -0.4 is 27.4 Å². The molecule has 0 aliphatic carbocycles. The highest BCUT2D eigenvalue weighted by Crippen LogP contribution is 2.13. The van der Waals surface area contributed by atoms with Crippen molar-refractivity contribution in [3.8, 4) is 0 Å². The van der Waals surface area contributed by atoms with Gasteiger partial charge in [0.2, 0.25) is 11.8 Å². The predicted octanol–water partition coefficient (Wildman–Crippen LogP) is 1.23. The Morgan fingerprint density at radius 3 is 2.29 bits per heavy atom. The molecular weight excluding hydrogens is 440 g/mol. The van der Waals surface area contributed by atoms with Crippen molar-refractivity contribution in [2.45, 2.75) is 44.8 Å². The number of nitrogens with one attached hydrogen (secondary N) is 3. The second kappa shape index (κ2) is 12.9. The first-order valence-corrected chi connectivity index (χ1v) is 10.9. The van der Waals surface area contributed by atoms with Gasteiger partial charge in [-0.15, -0.1) is 0 Å². The van der Waals surface area contributed by atoms with E-state index in [-0.39, 0.29) is 17.8 Å². The van der Waals surface area contributed by atoms with Gasteiger partial charge >= 0.3 is 0 Å². The Morgan fingerprint density at radius 1 is 1.00 bits per heavy atom. The van der Waals surface area contributed by atoms with E-state index < -0.39 is 34.7 Å². The van der Waals surface area contributed by atoms with Crippen molar-refractivity contribution in [3.63, 3.8) is 0 Å². The fourth-order valence-corrected chi connectivity index (χ4v) is 3.16. The van der Waals surface area contributed by atoms with E-state index in [4.69, 9.17) is 11.5 Å². The number of nitrogen functional groups attached to an aromatic ring is 1. The Bertz CT molecular complexity index is 1010. The predicted molar refractivity (Wildman–Crippen MR) is 128 cm³/mol. The van der Waals surface area contributed by atoms with Crippen LogP contribution >= 0.6 is 0 Å². The number of hydrogen-bond acceptors (Lipinski definition) is 7. The zero-order valence-corrected chi connectivity index (χ0v) is 19.0. The average Bonchev–Trinajstić information content (AvgIpc) is 2.82. The van der Waals surface area contributed by atoms with Gasteiger partial charge in [0.05, 0.1) is 10.5 Å². The molecular formula is C23H30N6O5. The molecule has 11 heteroatoms. The molecule has 2 aromatic rings. The van der Waals surface area contributed by atoms with E-state index in [2.05, 4.69) is 16.0 Å². The van der Waals surface area contributed by atoms with Gasteiger partial charge in [-0.3, -0.25) is 24.5 Å². The van der Waals surface area contributed by atoms with Gasteiger partial charge in [-0.05, 0) is 50.4 Å². The van der Waals surface area contributed by atoms with Crippen molar-refractivity contribution in [2.24, 2.45) is 5.73 Å². The van der Waals surface area contributed by atoms with E-state index in [0.717, 1.165) is 0 Å². The highest BCUT2D eigenvalue weighted by molar-refractivity contribution is 6.01. The van der Waals surface area contributed by atoms with Crippen LogP contribution in [-0.4, -0.2) is 41.3 Å². The summed E-state index contributed by atoms with van der Waals surface area (Å²) in [5.41, 5.74) is 12.6. The standard InChI is InChI=1S/C23H30N6O5/c1-15(21(30)26-14-16-9-11-17(12-10-16)29(33)34)27-23(32)20(8-4-5-13-24)28-22(31)18-6-2-3-7-19(18)25/h2-3,6-7,9-12,15,20H,4-5,8,13-14,24-25H2,1H3,(H,26,30)(H,27,32)(H,28,31)/t15-,20-/m0/s1. The molecule has 11 nitrogen and oxygen atoms in total. The summed E-state index contributed by atoms with van der Waals surface area (Å²) in [4.78, 5) is 48.2. The maximum Gasteiger partial charge on any atom is 0.269 e. The number of benzene rings is 2. The smallest absolute Gasteiger partial charge is 0.269 e. The first kappa shape index (κ1) is 26.3. The van der Waals surface area contributed by atoms with E-state index in [1.54, 1.807) is 36.4 Å². The van der Waals surface area contributed by atoms with Crippen molar-refractivity contribution in [1.29, 1.82) is 0 Å². The number of nitro groups is 1. The summed E-state index contributed by atoms with van der Waals surface area (Å²) in [6, 6.07) is 10.6. The number of hydrogen-bond donors (Lipinski definition) is 5. The number of rotatable bonds is 12. The fraction of sp³-hybridized carbons (Fsp3) is 0.348. The number of unbranched alkanes of at least 4 members (excludes halogenated alkanes) is 1. The highest BCUT2D eigenvalue weighted by atomic mass is 16.6. The van der Waals surface area contributed by atoms with Crippen LogP contribution in [-0.2, 0) is 16.1 Å². The zero-order chi connectivity index (χ0) is 25.1. The van der Waals surface area contributed by atoms with Gasteiger partial charge in [0.1, 0.15) is 12.1 Å². The average molecular weight is 471 g/mol. The zero-order valence-electron chi connectivity index (χ0n) is 19.0. The molecule has 3 amide bonds. The number of nitrogens with zero attached hydrogens (tertiary/aromatic N) is 1. The Hall–Kier alpha value is -3.99. The molecule has 0 bridgehead atoms. The number of nitrogens with two attached hydrogens (primary N) is 2. The van der Waals surface area contributed by atoms with Crippen molar-refractivity contribution in [1.82, 2.24) is 16.0 Å². The van der Waals surface area contributed by atoms with Crippen LogP contribution in [0.5, 0.6) is 0 Å². The number of nitro benzene ring substituents is 1. The second-order valence-corrected chi connectivity index (χ2v) is 7.77. The molecule has 0 heterocycles. The molecule has 0 radical (unpaired) electrons. The third-order valence-corrected chi connectivity index (χ3v) is 5.14. The van der Waals surface area contributed by atoms with Gasteiger partial charge < -0.3 is 27.4 Å². The molecule has 0 spiro atoms. The van der Waals surface area contributed by atoms with Crippen LogP contribution in [0.15, 0.2) is 48.5 Å². The minimum Gasteiger partial charge on any atom is -0.398 e. The van der Waals surface area contributed by atoms with Crippen LogP contribution in [0, 0.1) is 10.1 Å². The van der Waals surface area contributed by atoms with Crippen LogP contribution in [0.1, 0.15) is 42.1 Å². The lowest BCUT2D eigenvalue weighted by molar-refractivity contribution is -0.384. The Morgan fingerprint density at radius 2 is 1.68 bits per heavy atom. The lowest BCUT2D eigenvalue weighted by Gasteiger charge is -2.21. The summed E-state index contributed by atoms with van der Waals surface area (Å²) in [5.74, 6) is -1.43. The minimum atomic E-state index is -0.874. The first-order valence-electron chi connectivity index (χ1n) is 10.9. The van der Waals surface area contributed by atoms with Crippen molar-refractivity contribution in [3.05, 3.63) is 69.8 Å². The van der Waals surface area contributed by atoms with Crippen molar-refractivity contribution in [2.75, 3.05) is 12.3 Å². The van der Waals surface area contributed by atoms with Gasteiger partial charge in [-0.2, -0.15) is 0 Å². The maximum atomic E-state index is 12.8. The number of carbonyl (C=O) groups excluding carboxylic acids is 3. The second-order valence-electron chi connectivity index (χ2n) is 7.77. The summed E-state index contributed by atoms with van der Waals surface area (Å²) in [6.07, 6.45) is 1.64. The van der Waals surface area contributed by atoms with E-state index in [1.165, 1.54) is 19.1 Å². The Kier molecular flexibility index (Phi) is 9.96. The molecule has 2 rings (SSSR count). The summed E-state index contributed by atoms with van der Waals surface area (Å²) in [5, 5.41) is 18.7. The normalized spacial score (nSPS) is 12.3. The quantitative estimate of drug-likeness (QED) is 0.134. The summed E-state index contributed by atoms with van der Waals surface area (Å²) in [7, 11) is 0. The number of carbonyl (C=O) groups is 3. The maximum absolute atomic E-state index is 12.8. The summed E-state index contributed by atoms with van der Waals surface area (Å²) >= 11 is 0. The van der Waals surface area contributed by atoms with Gasteiger partial charge in [0.25, 0.3) is 11.6 Å². The van der Waals surface area contributed by atoms with E-state index in [1.807, 2.05) is 0 Å². The third-order valence-electron chi connectivity index (χ3n) is 5.14.